The fourth-order valence-corrected chi connectivity index (χ4v) is 4.44. The summed E-state index contributed by atoms with van der Waals surface area (Å²) in [5.74, 6) is 4.43. The van der Waals surface area contributed by atoms with Gasteiger partial charge < -0.3 is 10.1 Å². The predicted molar refractivity (Wildman–Crippen MR) is 107 cm³/mol. The SMILES string of the molecule is C#CC(CCSC)(CCSC)Nc1nc2ccc(OC(F)(F)F)cc2s1. The molecule has 2 rings (SSSR count). The monoisotopic (exact) mass is 420 g/mol. The van der Waals surface area contributed by atoms with Gasteiger partial charge in [-0.25, -0.2) is 4.98 Å². The molecule has 0 atom stereocenters. The lowest BCUT2D eigenvalue weighted by Gasteiger charge is -2.29. The molecule has 1 N–H and O–H groups in total. The molecule has 0 aliphatic rings. The Bertz CT molecular complexity index is 763. The number of benzene rings is 1. The van der Waals surface area contributed by atoms with Gasteiger partial charge in [-0.15, -0.1) is 19.6 Å². The Labute approximate surface area is 163 Å². The van der Waals surface area contributed by atoms with Gasteiger partial charge in [0.05, 0.1) is 10.2 Å². The fraction of sp³-hybridized carbons (Fsp3) is 0.471. The van der Waals surface area contributed by atoms with Crippen molar-refractivity contribution in [3.63, 3.8) is 0 Å². The third kappa shape index (κ3) is 5.89. The van der Waals surface area contributed by atoms with Crippen LogP contribution in [0.15, 0.2) is 18.2 Å². The van der Waals surface area contributed by atoms with E-state index in [1.807, 2.05) is 12.5 Å². The van der Waals surface area contributed by atoms with Gasteiger partial charge in [-0.3, -0.25) is 0 Å². The van der Waals surface area contributed by atoms with E-state index in [4.69, 9.17) is 6.42 Å². The van der Waals surface area contributed by atoms with Gasteiger partial charge in [0.15, 0.2) is 5.13 Å². The number of hydrogen-bond acceptors (Lipinski definition) is 6. The molecule has 0 saturated carbocycles. The lowest BCUT2D eigenvalue weighted by molar-refractivity contribution is -0.274. The first kappa shape index (κ1) is 21.1. The van der Waals surface area contributed by atoms with Crippen molar-refractivity contribution in [2.75, 3.05) is 29.3 Å². The van der Waals surface area contributed by atoms with Crippen molar-refractivity contribution in [3.05, 3.63) is 18.2 Å². The number of aromatic nitrogens is 1. The quantitative estimate of drug-likeness (QED) is 0.543. The molecular formula is C17H19F3N2OS3. The molecule has 0 bridgehead atoms. The highest BCUT2D eigenvalue weighted by molar-refractivity contribution is 7.98. The summed E-state index contributed by atoms with van der Waals surface area (Å²) in [6.07, 6.45) is 6.72. The number of thiazole rings is 1. The van der Waals surface area contributed by atoms with Gasteiger partial charge in [-0.1, -0.05) is 17.3 Å². The summed E-state index contributed by atoms with van der Waals surface area (Å²) >= 11 is 4.70. The second-order valence-electron chi connectivity index (χ2n) is 5.53. The number of alkyl halides is 3. The molecule has 0 aliphatic carbocycles. The van der Waals surface area contributed by atoms with Crippen LogP contribution in [0.4, 0.5) is 18.3 Å². The third-order valence-electron chi connectivity index (χ3n) is 3.68. The van der Waals surface area contributed by atoms with Crippen LogP contribution < -0.4 is 10.1 Å². The summed E-state index contributed by atoms with van der Waals surface area (Å²) in [7, 11) is 0. The number of terminal acetylenes is 1. The highest BCUT2D eigenvalue weighted by Gasteiger charge is 2.31. The zero-order chi connectivity index (χ0) is 19.2. The minimum Gasteiger partial charge on any atom is -0.406 e. The van der Waals surface area contributed by atoms with Crippen LogP contribution >= 0.6 is 34.9 Å². The number of nitrogens with one attached hydrogen (secondary N) is 1. The van der Waals surface area contributed by atoms with Gasteiger partial charge in [0.1, 0.15) is 11.3 Å². The number of hydrogen-bond donors (Lipinski definition) is 1. The molecule has 0 radical (unpaired) electrons. The number of nitrogens with zero attached hydrogens (tertiary/aromatic N) is 1. The van der Waals surface area contributed by atoms with Crippen LogP contribution in [0, 0.1) is 12.3 Å². The van der Waals surface area contributed by atoms with Crippen LogP contribution in [0.1, 0.15) is 12.8 Å². The molecule has 0 spiro atoms. The maximum Gasteiger partial charge on any atom is 0.573 e. The standard InChI is InChI=1S/C17H19F3N2OS3/c1-4-16(7-9-24-2,8-10-25-3)22-15-21-13-6-5-12(11-14(13)26-15)23-17(18,19)20/h1,5-6,11H,7-10H2,2-3H3,(H,21,22). The molecule has 0 saturated heterocycles. The molecule has 2 aromatic rings. The molecule has 0 fully saturated rings. The van der Waals surface area contributed by atoms with Gasteiger partial charge in [-0.2, -0.15) is 23.5 Å². The van der Waals surface area contributed by atoms with Crippen molar-refractivity contribution in [2.45, 2.75) is 24.7 Å². The Morgan fingerprint density at radius 2 is 1.88 bits per heavy atom. The summed E-state index contributed by atoms with van der Waals surface area (Å²) in [5.41, 5.74) is 0.0817. The molecule has 142 valence electrons. The second-order valence-corrected chi connectivity index (χ2v) is 8.54. The average Bonchev–Trinajstić information content (AvgIpc) is 2.97. The highest BCUT2D eigenvalue weighted by atomic mass is 32.2. The Morgan fingerprint density at radius 3 is 2.42 bits per heavy atom. The van der Waals surface area contributed by atoms with Gasteiger partial charge in [0.2, 0.25) is 0 Å². The molecule has 1 aromatic carbocycles. The molecular weight excluding hydrogens is 401 g/mol. The van der Waals surface area contributed by atoms with Crippen LogP contribution in [0.5, 0.6) is 5.75 Å². The minimum atomic E-state index is -4.71. The number of ether oxygens (including phenoxy) is 1. The number of anilines is 1. The number of thioether (sulfide) groups is 2. The lowest BCUT2D eigenvalue weighted by Crippen LogP contribution is -2.38. The van der Waals surface area contributed by atoms with Crippen molar-refractivity contribution < 1.29 is 17.9 Å². The van der Waals surface area contributed by atoms with Crippen LogP contribution in [0.25, 0.3) is 10.2 Å². The Kier molecular flexibility index (Phi) is 7.38. The van der Waals surface area contributed by atoms with Crippen LogP contribution in [0.2, 0.25) is 0 Å². The van der Waals surface area contributed by atoms with E-state index in [1.54, 1.807) is 23.5 Å². The van der Waals surface area contributed by atoms with Gasteiger partial charge in [0, 0.05) is 6.07 Å². The van der Waals surface area contributed by atoms with E-state index in [9.17, 15) is 13.2 Å². The first-order chi connectivity index (χ1) is 12.3. The summed E-state index contributed by atoms with van der Waals surface area (Å²) in [5, 5.41) is 3.95. The van der Waals surface area contributed by atoms with Crippen molar-refractivity contribution in [3.8, 4) is 18.1 Å². The molecule has 1 aromatic heterocycles. The highest BCUT2D eigenvalue weighted by Crippen LogP contribution is 2.34. The smallest absolute Gasteiger partial charge is 0.406 e. The summed E-state index contributed by atoms with van der Waals surface area (Å²) < 4.78 is 41.7. The van der Waals surface area contributed by atoms with Crippen LogP contribution in [0.3, 0.4) is 0 Å². The Hall–Kier alpha value is -1.24. The van der Waals surface area contributed by atoms with Gasteiger partial charge in [-0.05, 0) is 49.0 Å². The first-order valence-electron chi connectivity index (χ1n) is 7.71. The second kappa shape index (κ2) is 9.11. The molecule has 26 heavy (non-hydrogen) atoms. The zero-order valence-corrected chi connectivity index (χ0v) is 16.8. The van der Waals surface area contributed by atoms with Crippen molar-refractivity contribution in [1.82, 2.24) is 4.98 Å². The van der Waals surface area contributed by atoms with Crippen molar-refractivity contribution in [2.24, 2.45) is 0 Å². The maximum atomic E-state index is 12.4. The minimum absolute atomic E-state index is 0.256. The van der Waals surface area contributed by atoms with E-state index in [1.165, 1.54) is 29.5 Å². The topological polar surface area (TPSA) is 34.2 Å². The normalized spacial score (nSPS) is 12.2. The van der Waals surface area contributed by atoms with E-state index in [0.717, 1.165) is 24.3 Å². The molecule has 0 unspecified atom stereocenters. The van der Waals surface area contributed by atoms with Crippen LogP contribution in [-0.4, -0.2) is 40.9 Å². The number of halogens is 3. The van der Waals surface area contributed by atoms with Gasteiger partial charge >= 0.3 is 6.36 Å². The predicted octanol–water partition coefficient (Wildman–Crippen LogP) is 5.49. The number of fused-ring (bicyclic) bond motifs is 1. The summed E-state index contributed by atoms with van der Waals surface area (Å²) in [4.78, 5) is 4.46. The lowest BCUT2D eigenvalue weighted by atomic mass is 9.94. The van der Waals surface area contributed by atoms with Gasteiger partial charge in [0.25, 0.3) is 0 Å². The van der Waals surface area contributed by atoms with Crippen molar-refractivity contribution in [1.29, 1.82) is 0 Å². The van der Waals surface area contributed by atoms with E-state index in [2.05, 4.69) is 21.0 Å². The Balaban J connectivity index is 2.25. The van der Waals surface area contributed by atoms with Crippen LogP contribution in [-0.2, 0) is 0 Å². The molecule has 3 nitrogen and oxygen atoms in total. The molecule has 9 heteroatoms. The summed E-state index contributed by atoms with van der Waals surface area (Å²) in [6.45, 7) is 0. The fourth-order valence-electron chi connectivity index (χ4n) is 2.34. The molecule has 0 amide bonds. The first-order valence-corrected chi connectivity index (χ1v) is 11.3. The molecule has 0 aliphatic heterocycles. The largest absolute Gasteiger partial charge is 0.573 e. The third-order valence-corrected chi connectivity index (χ3v) is 5.84. The number of rotatable bonds is 9. The summed E-state index contributed by atoms with van der Waals surface area (Å²) in [6, 6.07) is 4.11. The zero-order valence-electron chi connectivity index (χ0n) is 14.4. The molecule has 1 heterocycles. The van der Waals surface area contributed by atoms with E-state index in [-0.39, 0.29) is 5.75 Å². The van der Waals surface area contributed by atoms with E-state index < -0.39 is 11.9 Å². The van der Waals surface area contributed by atoms with Crippen molar-refractivity contribution >= 4 is 50.2 Å². The maximum absolute atomic E-state index is 12.4. The average molecular weight is 421 g/mol. The Morgan fingerprint density at radius 1 is 1.23 bits per heavy atom. The van der Waals surface area contributed by atoms with E-state index in [0.29, 0.717) is 15.3 Å². The van der Waals surface area contributed by atoms with E-state index >= 15 is 0 Å².